The van der Waals surface area contributed by atoms with E-state index < -0.39 is 48.5 Å². The molecule has 5 N–H and O–H groups in total. The first kappa shape index (κ1) is 23.6. The van der Waals surface area contributed by atoms with E-state index in [-0.39, 0.29) is 18.7 Å². The van der Waals surface area contributed by atoms with E-state index in [1.165, 1.54) is 5.48 Å². The van der Waals surface area contributed by atoms with Crippen LogP contribution in [0.1, 0.15) is 44.8 Å². The molecule has 0 unspecified atom stereocenters. The third kappa shape index (κ3) is 5.93. The fourth-order valence-electron chi connectivity index (χ4n) is 2.92. The molecule has 1 aliphatic heterocycles. The van der Waals surface area contributed by atoms with E-state index in [2.05, 4.69) is 4.98 Å². The highest BCUT2D eigenvalue weighted by atomic mass is 19.3. The fourth-order valence-corrected chi connectivity index (χ4v) is 2.92. The predicted octanol–water partition coefficient (Wildman–Crippen LogP) is 0.108. The minimum atomic E-state index is -3.82. The van der Waals surface area contributed by atoms with Gasteiger partial charge in [0.2, 0.25) is 12.1 Å². The molecule has 0 saturated carbocycles. The number of hydrogen-bond donors (Lipinski definition) is 4. The van der Waals surface area contributed by atoms with Crippen LogP contribution in [0.2, 0.25) is 0 Å². The van der Waals surface area contributed by atoms with Gasteiger partial charge in [-0.15, -0.1) is 0 Å². The molecule has 11 nitrogen and oxygen atoms in total. The first-order chi connectivity index (χ1) is 14.2. The van der Waals surface area contributed by atoms with Crippen LogP contribution in [0.4, 0.5) is 14.6 Å². The lowest BCUT2D eigenvalue weighted by atomic mass is 10.1. The average Bonchev–Trinajstić information content (AvgIpc) is 2.92. The van der Waals surface area contributed by atoms with Gasteiger partial charge in [-0.05, 0) is 18.9 Å². The SMILES string of the molecule is Nc1ccn([C@@H]2O[C@H](COC(=O)CCCCCCC(=O)NO)[C@@H](O)C2(F)F)c(=O)n1. The van der Waals surface area contributed by atoms with E-state index in [1.807, 2.05) is 0 Å². The molecule has 0 spiro atoms. The molecule has 0 bridgehead atoms. The monoisotopic (exact) mass is 434 g/mol. The third-order valence-electron chi connectivity index (χ3n) is 4.55. The van der Waals surface area contributed by atoms with Crippen molar-refractivity contribution in [2.45, 2.75) is 62.9 Å². The number of anilines is 1. The van der Waals surface area contributed by atoms with E-state index in [1.54, 1.807) is 0 Å². The number of aromatic nitrogens is 2. The minimum absolute atomic E-state index is 0.0240. The number of rotatable bonds is 10. The molecule has 1 aliphatic rings. The molecular formula is C17H24F2N4O7. The summed E-state index contributed by atoms with van der Waals surface area (Å²) in [5.41, 5.74) is 5.78. The highest BCUT2D eigenvalue weighted by Gasteiger charge is 2.60. The molecule has 2 heterocycles. The van der Waals surface area contributed by atoms with Gasteiger partial charge in [0.25, 0.3) is 0 Å². The van der Waals surface area contributed by atoms with E-state index in [0.29, 0.717) is 30.3 Å². The van der Waals surface area contributed by atoms with Gasteiger partial charge in [-0.25, -0.2) is 10.3 Å². The summed E-state index contributed by atoms with van der Waals surface area (Å²) in [4.78, 5) is 37.8. The summed E-state index contributed by atoms with van der Waals surface area (Å²) < 4.78 is 39.2. The maximum Gasteiger partial charge on any atom is 0.351 e. The van der Waals surface area contributed by atoms with Crippen molar-refractivity contribution in [3.63, 3.8) is 0 Å². The normalized spacial score (nSPS) is 22.6. The first-order valence-corrected chi connectivity index (χ1v) is 9.31. The predicted molar refractivity (Wildman–Crippen MR) is 96.4 cm³/mol. The standard InChI is InChI=1S/C17H24F2N4O7/c18-17(19)14(26)10(30-15(17)23-8-7-11(20)21-16(23)27)9-29-13(25)6-4-2-1-3-5-12(24)22-28/h7-8,10,14-15,26,28H,1-6,9H2,(H,22,24)(H2,20,21,27)/t10-,14-,15-/m1/s1. The zero-order valence-corrected chi connectivity index (χ0v) is 16.0. The molecule has 2 rings (SSSR count). The van der Waals surface area contributed by atoms with Crippen LogP contribution in [0.25, 0.3) is 0 Å². The number of aliphatic hydroxyl groups is 1. The van der Waals surface area contributed by atoms with Crippen LogP contribution >= 0.6 is 0 Å². The molecule has 0 aromatic carbocycles. The minimum Gasteiger partial charge on any atom is -0.463 e. The maximum absolute atomic E-state index is 14.4. The molecule has 1 aromatic rings. The van der Waals surface area contributed by atoms with Crippen molar-refractivity contribution in [2.75, 3.05) is 12.3 Å². The van der Waals surface area contributed by atoms with Gasteiger partial charge < -0.3 is 20.3 Å². The summed E-state index contributed by atoms with van der Waals surface area (Å²) in [7, 11) is 0. The summed E-state index contributed by atoms with van der Waals surface area (Å²) >= 11 is 0. The van der Waals surface area contributed by atoms with Crippen LogP contribution in [-0.4, -0.2) is 56.5 Å². The lowest BCUT2D eigenvalue weighted by molar-refractivity contribution is -0.150. The number of nitrogens with two attached hydrogens (primary N) is 1. The summed E-state index contributed by atoms with van der Waals surface area (Å²) in [6, 6.07) is 1.14. The quantitative estimate of drug-likeness (QED) is 0.173. The molecule has 1 fully saturated rings. The number of nitrogen functional groups attached to an aromatic ring is 1. The van der Waals surface area contributed by atoms with Crippen molar-refractivity contribution in [3.05, 3.63) is 22.7 Å². The Morgan fingerprint density at radius 1 is 1.30 bits per heavy atom. The molecule has 168 valence electrons. The van der Waals surface area contributed by atoms with E-state index in [4.69, 9.17) is 20.4 Å². The second-order valence-electron chi connectivity index (χ2n) is 6.82. The van der Waals surface area contributed by atoms with Crippen LogP contribution in [0.15, 0.2) is 17.1 Å². The number of halogens is 2. The Balaban J connectivity index is 1.79. The lowest BCUT2D eigenvalue weighted by Crippen LogP contribution is -2.42. The number of esters is 1. The van der Waals surface area contributed by atoms with Crippen LogP contribution in [0, 0.1) is 0 Å². The number of aliphatic hydroxyl groups excluding tert-OH is 1. The topological polar surface area (TPSA) is 166 Å². The Morgan fingerprint density at radius 3 is 2.60 bits per heavy atom. The molecule has 13 heteroatoms. The molecule has 0 aliphatic carbocycles. The Morgan fingerprint density at radius 2 is 1.97 bits per heavy atom. The van der Waals surface area contributed by atoms with Gasteiger partial charge in [-0.1, -0.05) is 12.8 Å². The average molecular weight is 434 g/mol. The van der Waals surface area contributed by atoms with Crippen LogP contribution < -0.4 is 16.9 Å². The number of nitrogens with one attached hydrogen (secondary N) is 1. The Hall–Kier alpha value is -2.64. The number of alkyl halides is 2. The highest BCUT2D eigenvalue weighted by Crippen LogP contribution is 2.42. The zero-order valence-electron chi connectivity index (χ0n) is 16.0. The number of nitrogens with zero attached hydrogens (tertiary/aromatic N) is 2. The fraction of sp³-hybridized carbons (Fsp3) is 0.647. The first-order valence-electron chi connectivity index (χ1n) is 9.31. The van der Waals surface area contributed by atoms with Crippen molar-refractivity contribution in [1.29, 1.82) is 0 Å². The molecule has 30 heavy (non-hydrogen) atoms. The van der Waals surface area contributed by atoms with Crippen LogP contribution in [0.5, 0.6) is 0 Å². The number of carbonyl (C=O) groups is 2. The van der Waals surface area contributed by atoms with E-state index in [9.17, 15) is 28.3 Å². The van der Waals surface area contributed by atoms with Crippen LogP contribution in [0.3, 0.4) is 0 Å². The Labute approximate surface area is 169 Å². The van der Waals surface area contributed by atoms with Gasteiger partial charge in [0.1, 0.15) is 18.5 Å². The van der Waals surface area contributed by atoms with Gasteiger partial charge in [0.15, 0.2) is 6.10 Å². The van der Waals surface area contributed by atoms with Crippen molar-refractivity contribution in [1.82, 2.24) is 15.0 Å². The number of amides is 1. The van der Waals surface area contributed by atoms with Gasteiger partial charge in [0, 0.05) is 19.0 Å². The molecule has 1 amide bonds. The number of hydrogen-bond acceptors (Lipinski definition) is 9. The van der Waals surface area contributed by atoms with Crippen molar-refractivity contribution in [2.24, 2.45) is 0 Å². The van der Waals surface area contributed by atoms with Crippen LogP contribution in [-0.2, 0) is 19.1 Å². The molecule has 1 aromatic heterocycles. The molecule has 3 atom stereocenters. The smallest absolute Gasteiger partial charge is 0.351 e. The molecule has 1 saturated heterocycles. The second-order valence-corrected chi connectivity index (χ2v) is 6.82. The summed E-state index contributed by atoms with van der Waals surface area (Å²) in [6.07, 6.45) is -2.49. The largest absolute Gasteiger partial charge is 0.463 e. The molecular weight excluding hydrogens is 410 g/mol. The number of carbonyl (C=O) groups excluding carboxylic acids is 2. The van der Waals surface area contributed by atoms with Gasteiger partial charge >= 0.3 is 17.6 Å². The second kappa shape index (κ2) is 10.4. The number of hydroxylamine groups is 1. The Kier molecular flexibility index (Phi) is 8.20. The zero-order chi connectivity index (χ0) is 22.3. The maximum atomic E-state index is 14.4. The third-order valence-corrected chi connectivity index (χ3v) is 4.55. The highest BCUT2D eigenvalue weighted by molar-refractivity contribution is 5.74. The molecule has 0 radical (unpaired) electrons. The van der Waals surface area contributed by atoms with Crippen molar-refractivity contribution >= 4 is 17.7 Å². The van der Waals surface area contributed by atoms with Gasteiger partial charge in [-0.2, -0.15) is 13.8 Å². The van der Waals surface area contributed by atoms with Crippen molar-refractivity contribution < 1.29 is 38.2 Å². The summed E-state index contributed by atoms with van der Waals surface area (Å²) in [5.74, 6) is -5.12. The van der Waals surface area contributed by atoms with Gasteiger partial charge in [0.05, 0.1) is 0 Å². The Bertz CT molecular complexity index is 805. The number of ether oxygens (including phenoxy) is 2. The van der Waals surface area contributed by atoms with E-state index in [0.717, 1.165) is 12.3 Å². The number of unbranched alkanes of at least 4 members (excludes halogenated alkanes) is 3. The van der Waals surface area contributed by atoms with Crippen molar-refractivity contribution in [3.8, 4) is 0 Å². The van der Waals surface area contributed by atoms with E-state index >= 15 is 0 Å². The van der Waals surface area contributed by atoms with Gasteiger partial charge in [-0.3, -0.25) is 19.4 Å². The summed E-state index contributed by atoms with van der Waals surface area (Å²) in [6.45, 7) is -0.611. The summed E-state index contributed by atoms with van der Waals surface area (Å²) in [5, 5.41) is 18.2. The lowest BCUT2D eigenvalue weighted by Gasteiger charge is -2.20.